The maximum Gasteiger partial charge on any atom is 0.180 e. The minimum absolute atomic E-state index is 0.169. The number of anilines is 1. The van der Waals surface area contributed by atoms with E-state index in [2.05, 4.69) is 10.3 Å². The Balaban J connectivity index is 2.20. The molecule has 0 fully saturated rings. The highest BCUT2D eigenvalue weighted by Crippen LogP contribution is 2.23. The largest absolute Gasteiger partial charge is 0.377 e. The molecule has 0 bridgehead atoms. The van der Waals surface area contributed by atoms with E-state index in [1.165, 1.54) is 0 Å². The van der Waals surface area contributed by atoms with Gasteiger partial charge in [-0.1, -0.05) is 19.1 Å². The summed E-state index contributed by atoms with van der Waals surface area (Å²) in [6.07, 6.45) is 0.613. The number of aryl methyl sites for hydroxylation is 1. The Bertz CT molecular complexity index is 678. The maximum absolute atomic E-state index is 12.2. The van der Waals surface area contributed by atoms with Crippen molar-refractivity contribution in [1.82, 2.24) is 4.98 Å². The minimum atomic E-state index is -3.22. The van der Waals surface area contributed by atoms with Gasteiger partial charge in [0.2, 0.25) is 0 Å². The molecule has 0 radical (unpaired) electrons. The molecule has 1 aromatic heterocycles. The molecule has 0 aliphatic rings. The molecular formula is C14H18N2O2S2. The molecule has 0 amide bonds. The molecule has 108 valence electrons. The summed E-state index contributed by atoms with van der Waals surface area (Å²) in [6, 6.07) is 7.03. The van der Waals surface area contributed by atoms with Crippen LogP contribution in [0.1, 0.15) is 24.0 Å². The molecule has 0 atom stereocenters. The van der Waals surface area contributed by atoms with Crippen LogP contribution in [0.4, 0.5) is 5.69 Å². The Labute approximate surface area is 123 Å². The number of para-hydroxylation sites is 1. The monoisotopic (exact) mass is 310 g/mol. The Morgan fingerprint density at radius 2 is 2.05 bits per heavy atom. The van der Waals surface area contributed by atoms with Crippen molar-refractivity contribution < 1.29 is 8.42 Å². The highest BCUT2D eigenvalue weighted by Gasteiger charge is 2.17. The van der Waals surface area contributed by atoms with E-state index in [-0.39, 0.29) is 5.75 Å². The summed E-state index contributed by atoms with van der Waals surface area (Å²) >= 11 is 1.57. The second-order valence-corrected chi connectivity index (χ2v) is 7.57. The van der Waals surface area contributed by atoms with Crippen LogP contribution in [0.2, 0.25) is 0 Å². The first-order valence-electron chi connectivity index (χ1n) is 6.49. The first kappa shape index (κ1) is 15.0. The van der Waals surface area contributed by atoms with E-state index < -0.39 is 9.84 Å². The summed E-state index contributed by atoms with van der Waals surface area (Å²) in [4.78, 5) is 4.73. The number of nitrogens with one attached hydrogen (secondary N) is 1. The van der Waals surface area contributed by atoms with E-state index >= 15 is 0 Å². The first-order valence-corrected chi connectivity index (χ1v) is 9.03. The molecule has 20 heavy (non-hydrogen) atoms. The lowest BCUT2D eigenvalue weighted by Crippen LogP contribution is -2.10. The second kappa shape index (κ2) is 6.37. The molecule has 2 rings (SSSR count). The molecule has 1 aromatic carbocycles. The molecule has 1 N–H and O–H groups in total. The molecule has 0 unspecified atom stereocenters. The molecule has 0 aliphatic heterocycles. The fourth-order valence-electron chi connectivity index (χ4n) is 1.92. The summed E-state index contributed by atoms with van der Waals surface area (Å²) in [7, 11) is -3.22. The van der Waals surface area contributed by atoms with Gasteiger partial charge in [-0.05, 0) is 25.5 Å². The van der Waals surface area contributed by atoms with E-state index in [1.54, 1.807) is 29.5 Å². The smallest absolute Gasteiger partial charge is 0.180 e. The Morgan fingerprint density at radius 1 is 1.30 bits per heavy atom. The molecule has 0 saturated carbocycles. The van der Waals surface area contributed by atoms with Gasteiger partial charge in [-0.25, -0.2) is 13.4 Å². The van der Waals surface area contributed by atoms with Crippen molar-refractivity contribution >= 4 is 26.9 Å². The molecule has 0 saturated heterocycles. The average molecular weight is 310 g/mol. The van der Waals surface area contributed by atoms with Crippen LogP contribution in [0.5, 0.6) is 0 Å². The maximum atomic E-state index is 12.2. The number of thiazole rings is 1. The highest BCUT2D eigenvalue weighted by atomic mass is 32.2. The molecule has 1 heterocycles. The number of nitrogens with zero attached hydrogens (tertiary/aromatic N) is 1. The Kier molecular flexibility index (Phi) is 4.77. The zero-order valence-corrected chi connectivity index (χ0v) is 13.2. The van der Waals surface area contributed by atoms with Crippen molar-refractivity contribution in [3.8, 4) is 0 Å². The fourth-order valence-corrected chi connectivity index (χ4v) is 4.15. The third kappa shape index (κ3) is 3.58. The number of sulfone groups is 1. The molecule has 0 spiro atoms. The third-order valence-electron chi connectivity index (χ3n) is 2.79. The van der Waals surface area contributed by atoms with E-state index in [4.69, 9.17) is 0 Å². The van der Waals surface area contributed by atoms with E-state index in [0.717, 1.165) is 10.7 Å². The minimum Gasteiger partial charge on any atom is -0.377 e. The van der Waals surface area contributed by atoms with Crippen LogP contribution in [0.15, 0.2) is 34.5 Å². The summed E-state index contributed by atoms with van der Waals surface area (Å²) in [6.45, 7) is 4.35. The summed E-state index contributed by atoms with van der Waals surface area (Å²) in [5.74, 6) is 0.169. The first-order chi connectivity index (χ1) is 9.53. The third-order valence-corrected chi connectivity index (χ3v) is 5.73. The Hall–Kier alpha value is -1.40. The standard InChI is InChI=1S/C14H18N2O2S2/c1-3-8-20(17,18)13-7-5-4-6-12(13)15-9-14-16-11(2)10-19-14/h4-7,10,15H,3,8-9H2,1-2H3. The number of hydrogen-bond acceptors (Lipinski definition) is 5. The van der Waals surface area contributed by atoms with Gasteiger partial charge in [-0.15, -0.1) is 11.3 Å². The second-order valence-electron chi connectivity index (χ2n) is 4.55. The SMILES string of the molecule is CCCS(=O)(=O)c1ccccc1NCc1nc(C)cs1. The lowest BCUT2D eigenvalue weighted by Gasteiger charge is -2.11. The van der Waals surface area contributed by atoms with Crippen LogP contribution in [0, 0.1) is 6.92 Å². The van der Waals surface area contributed by atoms with Gasteiger partial charge in [0.15, 0.2) is 9.84 Å². The van der Waals surface area contributed by atoms with Crippen molar-refractivity contribution in [3.63, 3.8) is 0 Å². The van der Waals surface area contributed by atoms with Gasteiger partial charge in [-0.3, -0.25) is 0 Å². The van der Waals surface area contributed by atoms with Gasteiger partial charge in [0.1, 0.15) is 5.01 Å². The molecule has 2 aromatic rings. The van der Waals surface area contributed by atoms with Crippen LogP contribution < -0.4 is 5.32 Å². The van der Waals surface area contributed by atoms with Crippen molar-refractivity contribution in [3.05, 3.63) is 40.3 Å². The lowest BCUT2D eigenvalue weighted by atomic mass is 10.3. The van der Waals surface area contributed by atoms with Crippen LogP contribution in [0.25, 0.3) is 0 Å². The quantitative estimate of drug-likeness (QED) is 0.890. The van der Waals surface area contributed by atoms with E-state index in [0.29, 0.717) is 23.5 Å². The number of aromatic nitrogens is 1. The Morgan fingerprint density at radius 3 is 2.70 bits per heavy atom. The molecule has 0 aliphatic carbocycles. The van der Waals surface area contributed by atoms with Crippen molar-refractivity contribution in [2.75, 3.05) is 11.1 Å². The normalized spacial score (nSPS) is 11.5. The van der Waals surface area contributed by atoms with Crippen LogP contribution in [0.3, 0.4) is 0 Å². The molecule has 6 heteroatoms. The van der Waals surface area contributed by atoms with Crippen LogP contribution >= 0.6 is 11.3 Å². The zero-order valence-electron chi connectivity index (χ0n) is 11.6. The predicted octanol–water partition coefficient (Wildman–Crippen LogP) is 3.25. The number of hydrogen-bond donors (Lipinski definition) is 1. The fraction of sp³-hybridized carbons (Fsp3) is 0.357. The van der Waals surface area contributed by atoms with Crippen molar-refractivity contribution in [2.45, 2.75) is 31.7 Å². The van der Waals surface area contributed by atoms with E-state index in [9.17, 15) is 8.42 Å². The number of rotatable bonds is 6. The van der Waals surface area contributed by atoms with Crippen LogP contribution in [-0.4, -0.2) is 19.2 Å². The van der Waals surface area contributed by atoms with Gasteiger partial charge in [0.05, 0.1) is 22.9 Å². The average Bonchev–Trinajstić information content (AvgIpc) is 2.82. The van der Waals surface area contributed by atoms with Gasteiger partial charge in [0, 0.05) is 11.1 Å². The van der Waals surface area contributed by atoms with Crippen molar-refractivity contribution in [2.24, 2.45) is 0 Å². The lowest BCUT2D eigenvalue weighted by molar-refractivity contribution is 0.595. The van der Waals surface area contributed by atoms with Crippen molar-refractivity contribution in [1.29, 1.82) is 0 Å². The molecular weight excluding hydrogens is 292 g/mol. The van der Waals surface area contributed by atoms with Crippen LogP contribution in [-0.2, 0) is 16.4 Å². The number of benzene rings is 1. The summed E-state index contributed by atoms with van der Waals surface area (Å²) < 4.78 is 24.4. The highest BCUT2D eigenvalue weighted by molar-refractivity contribution is 7.91. The summed E-state index contributed by atoms with van der Waals surface area (Å²) in [5, 5.41) is 6.11. The topological polar surface area (TPSA) is 59.1 Å². The van der Waals surface area contributed by atoms with Gasteiger partial charge in [-0.2, -0.15) is 0 Å². The predicted molar refractivity (Wildman–Crippen MR) is 83.0 cm³/mol. The zero-order chi connectivity index (χ0) is 14.6. The molecule has 4 nitrogen and oxygen atoms in total. The van der Waals surface area contributed by atoms with Gasteiger partial charge >= 0.3 is 0 Å². The van der Waals surface area contributed by atoms with E-state index in [1.807, 2.05) is 25.3 Å². The van der Waals surface area contributed by atoms with Gasteiger partial charge in [0.25, 0.3) is 0 Å². The summed E-state index contributed by atoms with van der Waals surface area (Å²) in [5.41, 5.74) is 1.63. The van der Waals surface area contributed by atoms with Gasteiger partial charge < -0.3 is 5.32 Å².